The molecule has 1 aliphatic rings. The fourth-order valence-electron chi connectivity index (χ4n) is 3.17. The Morgan fingerprint density at radius 2 is 1.57 bits per heavy atom. The van der Waals surface area contributed by atoms with Crippen LogP contribution in [-0.4, -0.2) is 72.2 Å². The molecule has 2 aromatic rings. The van der Waals surface area contributed by atoms with Crippen LogP contribution in [0.4, 0.5) is 0 Å². The summed E-state index contributed by atoms with van der Waals surface area (Å²) in [5.41, 5.74) is 0.484. The fourth-order valence-corrected chi connectivity index (χ4v) is 3.17. The molecule has 0 saturated carbocycles. The molecule has 0 bridgehead atoms. The molecule has 0 aromatic heterocycles. The van der Waals surface area contributed by atoms with Crippen molar-refractivity contribution in [2.45, 2.75) is 37.1 Å². The molecule has 0 spiro atoms. The van der Waals surface area contributed by atoms with E-state index >= 15 is 0 Å². The molecule has 0 aliphatic carbocycles. The van der Waals surface area contributed by atoms with Crippen molar-refractivity contribution in [3.05, 3.63) is 59.2 Å². The third-order valence-electron chi connectivity index (χ3n) is 4.95. The molecule has 1 heterocycles. The zero-order valence-electron chi connectivity index (χ0n) is 15.7. The van der Waals surface area contributed by atoms with Gasteiger partial charge in [-0.05, 0) is 48.6 Å². The summed E-state index contributed by atoms with van der Waals surface area (Å²) in [5.74, 6) is -1.06. The number of hydrogen-bond donors (Lipinski definition) is 7. The molecule has 5 unspecified atom stereocenters. The maximum Gasteiger partial charge on any atom is 0.185 e. The van der Waals surface area contributed by atoms with E-state index < -0.39 is 30.7 Å². The third-order valence-corrected chi connectivity index (χ3v) is 4.95. The molecule has 9 heteroatoms. The van der Waals surface area contributed by atoms with Gasteiger partial charge in [0.05, 0.1) is 6.10 Å². The Morgan fingerprint density at radius 3 is 2.23 bits per heavy atom. The Hall–Kier alpha value is -2.95. The van der Waals surface area contributed by atoms with E-state index in [0.29, 0.717) is 5.56 Å². The van der Waals surface area contributed by atoms with Gasteiger partial charge in [-0.2, -0.15) is 0 Å². The van der Waals surface area contributed by atoms with Crippen molar-refractivity contribution in [1.29, 1.82) is 0 Å². The molecule has 30 heavy (non-hydrogen) atoms. The number of hydrogen-bond acceptors (Lipinski definition) is 9. The van der Waals surface area contributed by atoms with E-state index in [9.17, 15) is 40.5 Å². The molecule has 1 fully saturated rings. The molecule has 3 rings (SSSR count). The lowest BCUT2D eigenvalue weighted by atomic mass is 9.92. The minimum Gasteiger partial charge on any atom is -0.508 e. The first-order chi connectivity index (χ1) is 14.2. The second-order valence-corrected chi connectivity index (χ2v) is 6.99. The van der Waals surface area contributed by atoms with Gasteiger partial charge in [-0.15, -0.1) is 0 Å². The second kappa shape index (κ2) is 8.82. The summed E-state index contributed by atoms with van der Waals surface area (Å²) in [5, 5.41) is 69.0. The Bertz CT molecular complexity index is 938. The van der Waals surface area contributed by atoms with Crippen LogP contribution in [0.5, 0.6) is 17.2 Å². The number of rotatable bonds is 5. The summed E-state index contributed by atoms with van der Waals surface area (Å²) in [6.45, 7) is 0. The standard InChI is InChI=1S/C21H22O9/c22-12-5-1-10(2-6-12)14(23)7-3-11-4-8-15(24)13(17(11)25)9-16-18(26)19(27)20(28)21(29)30-16/h1-8,16,18-22,24-29H,9H2. The minimum atomic E-state index is -1.75. The molecule has 5 atom stereocenters. The van der Waals surface area contributed by atoms with E-state index in [1.165, 1.54) is 48.6 Å². The Morgan fingerprint density at radius 1 is 0.900 bits per heavy atom. The third kappa shape index (κ3) is 4.45. The SMILES string of the molecule is O=C(C=Cc1ccc(O)c(CC2OC(O)C(O)C(O)C2O)c1O)c1ccc(O)cc1. The number of ether oxygens (including phenoxy) is 1. The molecular formula is C21H22O9. The first-order valence-electron chi connectivity index (χ1n) is 9.12. The molecule has 1 aliphatic heterocycles. The number of phenols is 3. The second-order valence-electron chi connectivity index (χ2n) is 6.99. The van der Waals surface area contributed by atoms with Crippen LogP contribution in [0, 0.1) is 0 Å². The molecule has 0 amide bonds. The number of phenolic OH excluding ortho intramolecular Hbond substituents is 3. The van der Waals surface area contributed by atoms with Gasteiger partial charge in [0.15, 0.2) is 12.1 Å². The number of benzene rings is 2. The molecule has 9 nitrogen and oxygen atoms in total. The molecule has 7 N–H and O–H groups in total. The van der Waals surface area contributed by atoms with Crippen LogP contribution in [0.25, 0.3) is 6.08 Å². The van der Waals surface area contributed by atoms with Crippen molar-refractivity contribution in [3.63, 3.8) is 0 Å². The van der Waals surface area contributed by atoms with Crippen LogP contribution >= 0.6 is 0 Å². The smallest absolute Gasteiger partial charge is 0.185 e. The van der Waals surface area contributed by atoms with Gasteiger partial charge in [-0.1, -0.05) is 0 Å². The minimum absolute atomic E-state index is 0.0197. The van der Waals surface area contributed by atoms with E-state index in [-0.39, 0.29) is 40.6 Å². The van der Waals surface area contributed by atoms with Crippen LogP contribution in [0.2, 0.25) is 0 Å². The van der Waals surface area contributed by atoms with Crippen LogP contribution in [0.1, 0.15) is 21.5 Å². The van der Waals surface area contributed by atoms with Gasteiger partial charge < -0.3 is 40.5 Å². The first-order valence-corrected chi connectivity index (χ1v) is 9.12. The monoisotopic (exact) mass is 418 g/mol. The van der Waals surface area contributed by atoms with Crippen LogP contribution in [-0.2, 0) is 11.2 Å². The van der Waals surface area contributed by atoms with E-state index in [4.69, 9.17) is 4.74 Å². The summed E-state index contributed by atoms with van der Waals surface area (Å²) in [7, 11) is 0. The number of aromatic hydroxyl groups is 3. The Balaban J connectivity index is 1.81. The largest absolute Gasteiger partial charge is 0.508 e. The molecule has 160 valence electrons. The quantitative estimate of drug-likeness (QED) is 0.262. The summed E-state index contributed by atoms with van der Waals surface area (Å²) in [6, 6.07) is 8.27. The lowest BCUT2D eigenvalue weighted by molar-refractivity contribution is -0.281. The Kier molecular flexibility index (Phi) is 6.40. The molecule has 2 aromatic carbocycles. The van der Waals surface area contributed by atoms with Crippen molar-refractivity contribution < 1.29 is 45.3 Å². The number of aliphatic hydroxyl groups excluding tert-OH is 4. The van der Waals surface area contributed by atoms with Gasteiger partial charge in [0, 0.05) is 23.1 Å². The average Bonchev–Trinajstić information content (AvgIpc) is 2.72. The zero-order chi connectivity index (χ0) is 22.0. The number of allylic oxidation sites excluding steroid dienone is 1. The fraction of sp³-hybridized carbons (Fsp3) is 0.286. The summed E-state index contributed by atoms with van der Waals surface area (Å²) in [4.78, 5) is 12.2. The van der Waals surface area contributed by atoms with Gasteiger partial charge in [-0.3, -0.25) is 4.79 Å². The highest BCUT2D eigenvalue weighted by molar-refractivity contribution is 6.07. The molecular weight excluding hydrogens is 396 g/mol. The molecule has 0 radical (unpaired) electrons. The van der Waals surface area contributed by atoms with Gasteiger partial charge in [0.2, 0.25) is 0 Å². The number of carbonyl (C=O) groups excluding carboxylic acids is 1. The topological polar surface area (TPSA) is 168 Å². The Labute approximate surface area is 171 Å². The maximum absolute atomic E-state index is 12.2. The van der Waals surface area contributed by atoms with Crippen LogP contribution < -0.4 is 0 Å². The van der Waals surface area contributed by atoms with Crippen molar-refractivity contribution in [2.75, 3.05) is 0 Å². The predicted molar refractivity (Wildman–Crippen MR) is 104 cm³/mol. The normalized spacial score (nSPS) is 26.7. The summed E-state index contributed by atoms with van der Waals surface area (Å²) in [6.07, 6.45) is -5.65. The van der Waals surface area contributed by atoms with Crippen molar-refractivity contribution in [1.82, 2.24) is 0 Å². The van der Waals surface area contributed by atoms with E-state index in [1.54, 1.807) is 0 Å². The van der Waals surface area contributed by atoms with Crippen LogP contribution in [0.15, 0.2) is 42.5 Å². The van der Waals surface area contributed by atoms with Gasteiger partial charge in [0.25, 0.3) is 0 Å². The van der Waals surface area contributed by atoms with Crippen molar-refractivity contribution in [3.8, 4) is 17.2 Å². The lowest BCUT2D eigenvalue weighted by Gasteiger charge is -2.38. The van der Waals surface area contributed by atoms with Gasteiger partial charge in [0.1, 0.15) is 35.6 Å². The van der Waals surface area contributed by atoms with Gasteiger partial charge in [-0.25, -0.2) is 0 Å². The van der Waals surface area contributed by atoms with E-state index in [2.05, 4.69) is 0 Å². The van der Waals surface area contributed by atoms with E-state index in [1.807, 2.05) is 0 Å². The summed E-state index contributed by atoms with van der Waals surface area (Å²) >= 11 is 0. The van der Waals surface area contributed by atoms with Crippen LogP contribution in [0.3, 0.4) is 0 Å². The van der Waals surface area contributed by atoms with Crippen molar-refractivity contribution in [2.24, 2.45) is 0 Å². The zero-order valence-corrected chi connectivity index (χ0v) is 15.7. The predicted octanol–water partition coefficient (Wildman–Crippen LogP) is 0.0419. The van der Waals surface area contributed by atoms with Crippen molar-refractivity contribution >= 4 is 11.9 Å². The summed E-state index contributed by atoms with van der Waals surface area (Å²) < 4.78 is 5.08. The van der Waals surface area contributed by atoms with E-state index in [0.717, 1.165) is 0 Å². The highest BCUT2D eigenvalue weighted by atomic mass is 16.6. The number of carbonyl (C=O) groups is 1. The highest BCUT2D eigenvalue weighted by Gasteiger charge is 2.43. The lowest BCUT2D eigenvalue weighted by Crippen LogP contribution is -2.57. The maximum atomic E-state index is 12.2. The average molecular weight is 418 g/mol. The highest BCUT2D eigenvalue weighted by Crippen LogP contribution is 2.35. The number of ketones is 1. The molecule has 1 saturated heterocycles. The number of aliphatic hydroxyl groups is 4. The first kappa shape index (κ1) is 21.8. The van der Waals surface area contributed by atoms with Gasteiger partial charge >= 0.3 is 0 Å².